The quantitative estimate of drug-likeness (QED) is 0.506. The molecule has 0 bridgehead atoms. The van der Waals surface area contributed by atoms with Crippen LogP contribution in [0.1, 0.15) is 6.42 Å². The minimum Gasteiger partial charge on any atom is -0.323 e. The van der Waals surface area contributed by atoms with Crippen molar-refractivity contribution in [3.05, 3.63) is 24.3 Å². The number of hydrogen-bond donors (Lipinski definition) is 3. The highest BCUT2D eigenvalue weighted by Gasteiger charge is 2.29. The van der Waals surface area contributed by atoms with E-state index in [-0.39, 0.29) is 28.9 Å². The van der Waals surface area contributed by atoms with Gasteiger partial charge in [-0.2, -0.15) is 0 Å². The number of nitrogens with two attached hydrogens (primary N) is 1. The molecule has 9 heteroatoms. The van der Waals surface area contributed by atoms with Crippen LogP contribution in [0.15, 0.2) is 29.2 Å². The second-order valence-electron chi connectivity index (χ2n) is 4.76. The number of hydrogen-bond acceptors (Lipinski definition) is 6. The van der Waals surface area contributed by atoms with E-state index >= 15 is 0 Å². The van der Waals surface area contributed by atoms with Crippen molar-refractivity contribution in [3.8, 4) is 0 Å². The molecule has 1 aliphatic rings. The van der Waals surface area contributed by atoms with Crippen LogP contribution in [0.25, 0.3) is 0 Å². The third-order valence-corrected chi connectivity index (χ3v) is 6.54. The zero-order chi connectivity index (χ0) is 14.8. The Bertz CT molecular complexity index is 685. The number of sulfone groups is 1. The van der Waals surface area contributed by atoms with Crippen molar-refractivity contribution in [2.75, 3.05) is 23.5 Å². The number of hydrazine groups is 1. The Morgan fingerprint density at radius 3 is 2.60 bits per heavy atom. The molecule has 4 N–H and O–H groups in total. The number of para-hydroxylation sites is 1. The number of nitrogen functional groups attached to an aromatic ring is 1. The molecule has 2 rings (SSSR count). The Morgan fingerprint density at radius 2 is 2.00 bits per heavy atom. The predicted octanol–water partition coefficient (Wildman–Crippen LogP) is -0.315. The largest absolute Gasteiger partial charge is 0.323 e. The summed E-state index contributed by atoms with van der Waals surface area (Å²) in [5, 5.41) is 0. The van der Waals surface area contributed by atoms with Crippen LogP contribution in [-0.2, 0) is 19.9 Å². The lowest BCUT2D eigenvalue weighted by atomic mass is 10.1. The van der Waals surface area contributed by atoms with Crippen molar-refractivity contribution >= 4 is 25.5 Å². The fraction of sp³-hybridized carbons (Fsp3) is 0.455. The van der Waals surface area contributed by atoms with Crippen molar-refractivity contribution in [1.82, 2.24) is 4.72 Å². The van der Waals surface area contributed by atoms with E-state index in [1.165, 1.54) is 6.07 Å². The SMILES string of the molecule is NNc1ccccc1S(=O)(=O)NCC1CCS(=O)(=O)C1. The summed E-state index contributed by atoms with van der Waals surface area (Å²) in [7, 11) is -6.72. The van der Waals surface area contributed by atoms with Gasteiger partial charge in [-0.15, -0.1) is 0 Å². The molecule has 0 amide bonds. The highest BCUT2D eigenvalue weighted by atomic mass is 32.2. The first-order valence-corrected chi connectivity index (χ1v) is 9.40. The van der Waals surface area contributed by atoms with Gasteiger partial charge in [0.2, 0.25) is 10.0 Å². The van der Waals surface area contributed by atoms with Crippen LogP contribution < -0.4 is 16.0 Å². The summed E-state index contributed by atoms with van der Waals surface area (Å²) in [6.07, 6.45) is 0.488. The van der Waals surface area contributed by atoms with Gasteiger partial charge in [-0.05, 0) is 24.5 Å². The molecule has 0 radical (unpaired) electrons. The fourth-order valence-electron chi connectivity index (χ4n) is 2.16. The standard InChI is InChI=1S/C11H17N3O4S2/c12-14-10-3-1-2-4-11(10)20(17,18)13-7-9-5-6-19(15,16)8-9/h1-4,9,13-14H,5-8,12H2. The maximum Gasteiger partial charge on any atom is 0.242 e. The van der Waals surface area contributed by atoms with Crippen molar-refractivity contribution < 1.29 is 16.8 Å². The van der Waals surface area contributed by atoms with Gasteiger partial charge in [0.25, 0.3) is 0 Å². The van der Waals surface area contributed by atoms with Crippen LogP contribution in [-0.4, -0.2) is 34.9 Å². The van der Waals surface area contributed by atoms with E-state index in [4.69, 9.17) is 5.84 Å². The van der Waals surface area contributed by atoms with E-state index in [9.17, 15) is 16.8 Å². The molecule has 0 saturated carbocycles. The minimum atomic E-state index is -3.72. The molecule has 20 heavy (non-hydrogen) atoms. The molecule has 0 aliphatic carbocycles. The Morgan fingerprint density at radius 1 is 1.30 bits per heavy atom. The van der Waals surface area contributed by atoms with Crippen LogP contribution in [0.2, 0.25) is 0 Å². The zero-order valence-corrected chi connectivity index (χ0v) is 12.4. The van der Waals surface area contributed by atoms with Crippen molar-refractivity contribution in [2.24, 2.45) is 11.8 Å². The molecule has 1 atom stereocenters. The highest BCUT2D eigenvalue weighted by Crippen LogP contribution is 2.21. The van der Waals surface area contributed by atoms with E-state index in [2.05, 4.69) is 10.1 Å². The molecule has 1 unspecified atom stereocenters. The second-order valence-corrected chi connectivity index (χ2v) is 8.73. The van der Waals surface area contributed by atoms with Gasteiger partial charge in [0, 0.05) is 6.54 Å². The van der Waals surface area contributed by atoms with E-state index in [1.54, 1.807) is 18.2 Å². The molecule has 112 valence electrons. The minimum absolute atomic E-state index is 0.0340. The summed E-state index contributed by atoms with van der Waals surface area (Å²) in [6.45, 7) is 0.112. The van der Waals surface area contributed by atoms with E-state index in [0.29, 0.717) is 12.1 Å². The first-order chi connectivity index (χ1) is 9.34. The summed E-state index contributed by atoms with van der Waals surface area (Å²) in [6, 6.07) is 6.24. The smallest absolute Gasteiger partial charge is 0.242 e. The van der Waals surface area contributed by atoms with Gasteiger partial charge in [-0.3, -0.25) is 5.84 Å². The summed E-state index contributed by atoms with van der Waals surface area (Å²) < 4.78 is 49.5. The molecule has 1 saturated heterocycles. The Hall–Kier alpha value is -1.16. The first kappa shape index (κ1) is 15.2. The molecule has 1 aromatic rings. The first-order valence-electron chi connectivity index (χ1n) is 6.10. The number of sulfonamides is 1. The second kappa shape index (κ2) is 5.68. The van der Waals surface area contributed by atoms with Crippen LogP contribution >= 0.6 is 0 Å². The number of rotatable bonds is 5. The van der Waals surface area contributed by atoms with Gasteiger partial charge in [0.05, 0.1) is 17.2 Å². The monoisotopic (exact) mass is 319 g/mol. The molecule has 1 fully saturated rings. The van der Waals surface area contributed by atoms with Crippen LogP contribution in [0, 0.1) is 5.92 Å². The third kappa shape index (κ3) is 3.48. The van der Waals surface area contributed by atoms with Gasteiger partial charge >= 0.3 is 0 Å². The van der Waals surface area contributed by atoms with Crippen LogP contribution in [0.3, 0.4) is 0 Å². The normalized spacial score (nSPS) is 21.8. The lowest BCUT2D eigenvalue weighted by Gasteiger charge is -2.13. The van der Waals surface area contributed by atoms with Gasteiger partial charge in [0.15, 0.2) is 9.84 Å². The molecule has 1 aromatic carbocycles. The molecular weight excluding hydrogens is 302 g/mol. The number of nitrogens with one attached hydrogen (secondary N) is 2. The summed E-state index contributed by atoms with van der Waals surface area (Å²) >= 11 is 0. The maximum absolute atomic E-state index is 12.2. The van der Waals surface area contributed by atoms with Crippen LogP contribution in [0.4, 0.5) is 5.69 Å². The highest BCUT2D eigenvalue weighted by molar-refractivity contribution is 7.91. The fourth-order valence-corrected chi connectivity index (χ4v) is 5.31. The zero-order valence-electron chi connectivity index (χ0n) is 10.7. The molecule has 7 nitrogen and oxygen atoms in total. The topological polar surface area (TPSA) is 118 Å². The van der Waals surface area contributed by atoms with E-state index in [0.717, 1.165) is 0 Å². The van der Waals surface area contributed by atoms with Crippen molar-refractivity contribution in [2.45, 2.75) is 11.3 Å². The number of benzene rings is 1. The molecule has 0 spiro atoms. The van der Waals surface area contributed by atoms with Gasteiger partial charge in [-0.25, -0.2) is 21.6 Å². The Labute approximate surface area is 118 Å². The average molecular weight is 319 g/mol. The third-order valence-electron chi connectivity index (χ3n) is 3.22. The van der Waals surface area contributed by atoms with Gasteiger partial charge < -0.3 is 5.43 Å². The molecular formula is C11H17N3O4S2. The average Bonchev–Trinajstić information content (AvgIpc) is 2.76. The summed E-state index contributed by atoms with van der Waals surface area (Å²) in [5.74, 6) is 5.27. The lowest BCUT2D eigenvalue weighted by Crippen LogP contribution is -2.30. The maximum atomic E-state index is 12.2. The summed E-state index contributed by atoms with van der Waals surface area (Å²) in [5.41, 5.74) is 2.62. The molecule has 1 aliphatic heterocycles. The van der Waals surface area contributed by atoms with Crippen LogP contribution in [0.5, 0.6) is 0 Å². The van der Waals surface area contributed by atoms with E-state index in [1.807, 2.05) is 0 Å². The van der Waals surface area contributed by atoms with E-state index < -0.39 is 19.9 Å². The van der Waals surface area contributed by atoms with Gasteiger partial charge in [-0.1, -0.05) is 12.1 Å². The molecule has 1 heterocycles. The van der Waals surface area contributed by atoms with Gasteiger partial charge in [0.1, 0.15) is 4.90 Å². The predicted molar refractivity (Wildman–Crippen MR) is 76.2 cm³/mol. The Balaban J connectivity index is 2.08. The van der Waals surface area contributed by atoms with Crippen molar-refractivity contribution in [3.63, 3.8) is 0 Å². The molecule has 0 aromatic heterocycles. The lowest BCUT2D eigenvalue weighted by molar-refractivity contribution is 0.543. The Kier molecular flexibility index (Phi) is 4.33. The number of anilines is 1. The van der Waals surface area contributed by atoms with Crippen molar-refractivity contribution in [1.29, 1.82) is 0 Å². The summed E-state index contributed by atoms with van der Waals surface area (Å²) in [4.78, 5) is 0.0448.